The van der Waals surface area contributed by atoms with E-state index in [2.05, 4.69) is 15.4 Å². The second-order valence-electron chi connectivity index (χ2n) is 4.80. The van der Waals surface area contributed by atoms with Crippen molar-refractivity contribution in [2.24, 2.45) is 5.92 Å². The van der Waals surface area contributed by atoms with Gasteiger partial charge in [0.2, 0.25) is 5.91 Å². The van der Waals surface area contributed by atoms with Crippen molar-refractivity contribution in [2.45, 2.75) is 12.8 Å². The van der Waals surface area contributed by atoms with Gasteiger partial charge < -0.3 is 15.4 Å². The average molecular weight is 280 g/mol. The van der Waals surface area contributed by atoms with E-state index < -0.39 is 11.8 Å². The maximum Gasteiger partial charge on any atom is 0.340 e. The molecule has 1 heterocycles. The van der Waals surface area contributed by atoms with Crippen molar-refractivity contribution < 1.29 is 18.7 Å². The summed E-state index contributed by atoms with van der Waals surface area (Å²) in [5, 5.41) is 5.86. The zero-order valence-electron chi connectivity index (χ0n) is 11.2. The molecule has 108 valence electrons. The van der Waals surface area contributed by atoms with Crippen molar-refractivity contribution in [1.29, 1.82) is 0 Å². The van der Waals surface area contributed by atoms with E-state index >= 15 is 0 Å². The maximum absolute atomic E-state index is 13.5. The van der Waals surface area contributed by atoms with E-state index in [0.717, 1.165) is 25.6 Å². The third-order valence-corrected chi connectivity index (χ3v) is 3.29. The van der Waals surface area contributed by atoms with Crippen molar-refractivity contribution in [3.63, 3.8) is 0 Å². The number of nitrogens with one attached hydrogen (secondary N) is 2. The van der Waals surface area contributed by atoms with Gasteiger partial charge in [-0.05, 0) is 43.6 Å². The number of amides is 1. The van der Waals surface area contributed by atoms with Gasteiger partial charge in [0.1, 0.15) is 5.82 Å². The number of esters is 1. The van der Waals surface area contributed by atoms with E-state index in [-0.39, 0.29) is 11.5 Å². The van der Waals surface area contributed by atoms with Crippen LogP contribution < -0.4 is 10.6 Å². The Kier molecular flexibility index (Phi) is 4.68. The first-order valence-electron chi connectivity index (χ1n) is 6.48. The van der Waals surface area contributed by atoms with Gasteiger partial charge in [-0.2, -0.15) is 0 Å². The van der Waals surface area contributed by atoms with Crippen molar-refractivity contribution in [3.8, 4) is 0 Å². The summed E-state index contributed by atoms with van der Waals surface area (Å²) in [4.78, 5) is 23.2. The van der Waals surface area contributed by atoms with Gasteiger partial charge in [0.05, 0.1) is 12.7 Å². The van der Waals surface area contributed by atoms with Gasteiger partial charge in [0.15, 0.2) is 0 Å². The van der Waals surface area contributed by atoms with Crippen LogP contribution >= 0.6 is 0 Å². The highest BCUT2D eigenvalue weighted by atomic mass is 19.1. The quantitative estimate of drug-likeness (QED) is 0.821. The highest BCUT2D eigenvalue weighted by Gasteiger charge is 2.19. The van der Waals surface area contributed by atoms with Gasteiger partial charge >= 0.3 is 5.97 Å². The zero-order chi connectivity index (χ0) is 14.5. The molecular formula is C14H17FN2O3. The second kappa shape index (κ2) is 6.47. The first kappa shape index (κ1) is 14.5. The molecule has 0 aliphatic carbocycles. The molecule has 1 unspecified atom stereocenters. The van der Waals surface area contributed by atoms with Crippen molar-refractivity contribution in [3.05, 3.63) is 29.6 Å². The van der Waals surface area contributed by atoms with E-state index in [1.807, 2.05) is 0 Å². The number of hydrogen-bond acceptors (Lipinski definition) is 4. The molecule has 1 aliphatic rings. The largest absolute Gasteiger partial charge is 0.465 e. The normalized spacial score (nSPS) is 17.8. The number of benzene rings is 1. The zero-order valence-corrected chi connectivity index (χ0v) is 11.2. The van der Waals surface area contributed by atoms with Gasteiger partial charge in [-0.15, -0.1) is 0 Å². The Morgan fingerprint density at radius 2 is 2.30 bits per heavy atom. The molecule has 1 aromatic carbocycles. The lowest BCUT2D eigenvalue weighted by atomic mass is 10.0. The Balaban J connectivity index is 2.01. The van der Waals surface area contributed by atoms with Crippen LogP contribution in [0.25, 0.3) is 0 Å². The number of methoxy groups -OCH3 is 1. The molecule has 20 heavy (non-hydrogen) atoms. The van der Waals surface area contributed by atoms with Crippen LogP contribution in [0.1, 0.15) is 23.2 Å². The van der Waals surface area contributed by atoms with Crippen LogP contribution in [0.2, 0.25) is 0 Å². The summed E-state index contributed by atoms with van der Waals surface area (Å²) in [7, 11) is 1.18. The van der Waals surface area contributed by atoms with Crippen molar-refractivity contribution in [1.82, 2.24) is 5.32 Å². The Morgan fingerprint density at radius 1 is 1.50 bits per heavy atom. The van der Waals surface area contributed by atoms with Gasteiger partial charge in [-0.25, -0.2) is 9.18 Å². The number of halogens is 1. The predicted octanol–water partition coefficient (Wildman–Crippen LogP) is 1.55. The minimum absolute atomic E-state index is 0.138. The molecule has 0 spiro atoms. The van der Waals surface area contributed by atoms with Crippen LogP contribution in [0, 0.1) is 11.7 Å². The average Bonchev–Trinajstić information content (AvgIpc) is 2.92. The summed E-state index contributed by atoms with van der Waals surface area (Å²) in [6.07, 6.45) is 1.39. The number of anilines is 1. The highest BCUT2D eigenvalue weighted by Crippen LogP contribution is 2.18. The van der Waals surface area contributed by atoms with Crippen LogP contribution in [0.15, 0.2) is 18.2 Å². The smallest absolute Gasteiger partial charge is 0.340 e. The van der Waals surface area contributed by atoms with Gasteiger partial charge in [-0.3, -0.25) is 4.79 Å². The molecule has 1 aromatic rings. The molecule has 1 aliphatic heterocycles. The predicted molar refractivity (Wildman–Crippen MR) is 72.0 cm³/mol. The first-order valence-corrected chi connectivity index (χ1v) is 6.48. The number of hydrogen-bond donors (Lipinski definition) is 2. The minimum atomic E-state index is -0.765. The SMILES string of the molecule is COC(=O)c1cc(NC(=O)CC2CCNC2)ccc1F. The summed E-state index contributed by atoms with van der Waals surface area (Å²) in [6.45, 7) is 1.77. The lowest BCUT2D eigenvalue weighted by molar-refractivity contribution is -0.116. The molecule has 0 saturated carbocycles. The topological polar surface area (TPSA) is 67.4 Å². The molecule has 5 nitrogen and oxygen atoms in total. The molecule has 1 saturated heterocycles. The molecular weight excluding hydrogens is 263 g/mol. The Bertz CT molecular complexity index is 513. The van der Waals surface area contributed by atoms with Gasteiger partial charge in [0, 0.05) is 12.1 Å². The summed E-state index contributed by atoms with van der Waals surface area (Å²) in [6, 6.07) is 3.84. The molecule has 2 rings (SSSR count). The second-order valence-corrected chi connectivity index (χ2v) is 4.80. The number of carbonyl (C=O) groups excluding carboxylic acids is 2. The van der Waals surface area contributed by atoms with Crippen LogP contribution in [0.4, 0.5) is 10.1 Å². The van der Waals surface area contributed by atoms with Crippen molar-refractivity contribution in [2.75, 3.05) is 25.5 Å². The standard InChI is InChI=1S/C14H17FN2O3/c1-20-14(19)11-7-10(2-3-12(11)15)17-13(18)6-9-4-5-16-8-9/h2-3,7,9,16H,4-6,8H2,1H3,(H,17,18). The maximum atomic E-state index is 13.5. The lowest BCUT2D eigenvalue weighted by Gasteiger charge is -2.10. The Morgan fingerprint density at radius 3 is 2.95 bits per heavy atom. The number of carbonyl (C=O) groups is 2. The molecule has 1 atom stereocenters. The molecule has 0 radical (unpaired) electrons. The van der Waals surface area contributed by atoms with Crippen LogP contribution in [0.5, 0.6) is 0 Å². The molecule has 6 heteroatoms. The van der Waals surface area contributed by atoms with E-state index in [1.54, 1.807) is 0 Å². The lowest BCUT2D eigenvalue weighted by Crippen LogP contribution is -2.18. The molecule has 0 bridgehead atoms. The fourth-order valence-corrected chi connectivity index (χ4v) is 2.23. The van der Waals surface area contributed by atoms with E-state index in [4.69, 9.17) is 0 Å². The third kappa shape index (κ3) is 3.54. The van der Waals surface area contributed by atoms with Gasteiger partial charge in [0.25, 0.3) is 0 Å². The van der Waals surface area contributed by atoms with E-state index in [9.17, 15) is 14.0 Å². The Labute approximate surface area is 116 Å². The molecule has 0 aromatic heterocycles. The van der Waals surface area contributed by atoms with E-state index in [0.29, 0.717) is 18.0 Å². The monoisotopic (exact) mass is 280 g/mol. The first-order chi connectivity index (χ1) is 9.60. The minimum Gasteiger partial charge on any atom is -0.465 e. The van der Waals surface area contributed by atoms with Crippen LogP contribution in [-0.2, 0) is 9.53 Å². The number of ether oxygens (including phenoxy) is 1. The van der Waals surface area contributed by atoms with Gasteiger partial charge in [-0.1, -0.05) is 0 Å². The van der Waals surface area contributed by atoms with E-state index in [1.165, 1.54) is 19.2 Å². The van der Waals surface area contributed by atoms with Crippen molar-refractivity contribution >= 4 is 17.6 Å². The summed E-state index contributed by atoms with van der Waals surface area (Å²) in [5.41, 5.74) is 0.204. The summed E-state index contributed by atoms with van der Waals surface area (Å²) >= 11 is 0. The Hall–Kier alpha value is -1.95. The number of rotatable bonds is 4. The fraction of sp³-hybridized carbons (Fsp3) is 0.429. The summed E-state index contributed by atoms with van der Waals surface area (Å²) < 4.78 is 17.9. The molecule has 1 fully saturated rings. The molecule has 2 N–H and O–H groups in total. The summed E-state index contributed by atoms with van der Waals surface area (Å²) in [5.74, 6) is -1.25. The van der Waals surface area contributed by atoms with Crippen LogP contribution in [-0.4, -0.2) is 32.1 Å². The fourth-order valence-electron chi connectivity index (χ4n) is 2.23. The molecule has 1 amide bonds. The van der Waals surface area contributed by atoms with Crippen LogP contribution in [0.3, 0.4) is 0 Å². The highest BCUT2D eigenvalue weighted by molar-refractivity contribution is 5.94. The third-order valence-electron chi connectivity index (χ3n) is 3.29.